The lowest BCUT2D eigenvalue weighted by molar-refractivity contribution is -0.339. The van der Waals surface area contributed by atoms with Gasteiger partial charge in [0.25, 0.3) is 0 Å². The maximum Gasteiger partial charge on any atom is 0.208 e. The maximum absolute atomic E-state index is 10.3. The van der Waals surface area contributed by atoms with E-state index in [1.165, 1.54) is 6.26 Å². The zero-order chi connectivity index (χ0) is 24.6. The van der Waals surface area contributed by atoms with Crippen LogP contribution in [0.3, 0.4) is 0 Å². The van der Waals surface area contributed by atoms with Crippen molar-refractivity contribution in [2.45, 2.75) is 74.1 Å². The van der Waals surface area contributed by atoms with Gasteiger partial charge >= 0.3 is 0 Å². The summed E-state index contributed by atoms with van der Waals surface area (Å²) in [5.74, 6) is -0.445. The average Bonchev–Trinajstić information content (AvgIpc) is 3.26. The number of ether oxygens (including phenoxy) is 5. The Morgan fingerprint density at radius 2 is 1.35 bits per heavy atom. The molecule has 194 valence electrons. The van der Waals surface area contributed by atoms with Gasteiger partial charge in [0, 0.05) is 0 Å². The molecule has 2 fully saturated rings. The van der Waals surface area contributed by atoms with Gasteiger partial charge in [-0.15, -0.1) is 0 Å². The van der Waals surface area contributed by atoms with E-state index in [1.54, 1.807) is 0 Å². The highest BCUT2D eigenvalue weighted by Gasteiger charge is 2.48. The van der Waals surface area contributed by atoms with Crippen molar-refractivity contribution >= 4 is 0 Å². The molecule has 13 nitrogen and oxygen atoms in total. The summed E-state index contributed by atoms with van der Waals surface area (Å²) in [4.78, 5) is 0. The minimum Gasteiger partial charge on any atom is -0.472 e. The van der Waals surface area contributed by atoms with Gasteiger partial charge in [-0.25, -0.2) is 0 Å². The quantitative estimate of drug-likeness (QED) is 0.160. The molecule has 13 atom stereocenters. The average molecular weight is 492 g/mol. The van der Waals surface area contributed by atoms with Crippen molar-refractivity contribution < 1.29 is 64.5 Å². The molecule has 2 saturated heterocycles. The van der Waals surface area contributed by atoms with Crippen LogP contribution in [0.2, 0.25) is 0 Å². The molecule has 3 aliphatic heterocycles. The zero-order valence-electron chi connectivity index (χ0n) is 18.2. The van der Waals surface area contributed by atoms with Crippen LogP contribution in [0, 0.1) is 11.8 Å². The molecule has 0 radical (unpaired) electrons. The van der Waals surface area contributed by atoms with E-state index in [0.717, 1.165) is 0 Å². The van der Waals surface area contributed by atoms with Crippen LogP contribution in [0.1, 0.15) is 6.42 Å². The fourth-order valence-electron chi connectivity index (χ4n) is 4.70. The van der Waals surface area contributed by atoms with Crippen molar-refractivity contribution in [2.75, 3.05) is 19.8 Å². The normalized spacial score (nSPS) is 48.8. The molecule has 8 N–H and O–H groups in total. The molecule has 0 unspecified atom stereocenters. The summed E-state index contributed by atoms with van der Waals surface area (Å²) < 4.78 is 27.9. The number of rotatable bonds is 7. The summed E-state index contributed by atoms with van der Waals surface area (Å²) in [5.41, 5.74) is 0.709. The van der Waals surface area contributed by atoms with Gasteiger partial charge in [-0.3, -0.25) is 0 Å². The highest BCUT2D eigenvalue weighted by Crippen LogP contribution is 2.41. The summed E-state index contributed by atoms with van der Waals surface area (Å²) in [5, 5.41) is 79.0. The first-order chi connectivity index (χ1) is 16.3. The van der Waals surface area contributed by atoms with Crippen LogP contribution in [-0.4, -0.2) is 128 Å². The van der Waals surface area contributed by atoms with Gasteiger partial charge in [-0.05, 0) is 24.0 Å². The zero-order valence-corrected chi connectivity index (χ0v) is 18.2. The molecule has 0 amide bonds. The van der Waals surface area contributed by atoms with Crippen LogP contribution in [0.15, 0.2) is 24.0 Å². The lowest BCUT2D eigenvalue weighted by Gasteiger charge is -2.42. The summed E-state index contributed by atoms with van der Waals surface area (Å²) in [7, 11) is 0. The van der Waals surface area contributed by atoms with Crippen LogP contribution in [0.4, 0.5) is 0 Å². The number of aliphatic hydroxyl groups is 8. The Morgan fingerprint density at radius 1 is 0.765 bits per heavy atom. The first kappa shape index (κ1) is 25.9. The van der Waals surface area contributed by atoms with E-state index in [1.807, 2.05) is 12.2 Å². The first-order valence-electron chi connectivity index (χ1n) is 11.2. The lowest BCUT2D eigenvalue weighted by atomic mass is 9.89. The van der Waals surface area contributed by atoms with Crippen LogP contribution in [0.5, 0.6) is 0 Å². The molecule has 1 aliphatic carbocycles. The Morgan fingerprint density at radius 3 is 1.97 bits per heavy atom. The van der Waals surface area contributed by atoms with Crippen molar-refractivity contribution in [1.82, 2.24) is 0 Å². The monoisotopic (exact) mass is 492 g/mol. The van der Waals surface area contributed by atoms with Crippen LogP contribution >= 0.6 is 0 Å². The second-order valence-electron chi connectivity index (χ2n) is 8.88. The minimum absolute atomic E-state index is 0.0444. The van der Waals surface area contributed by atoms with E-state index in [0.29, 0.717) is 12.0 Å². The molecule has 0 spiro atoms. The number of hydrogen-bond acceptors (Lipinski definition) is 13. The van der Waals surface area contributed by atoms with Gasteiger partial charge in [0.05, 0.1) is 32.0 Å². The number of fused-ring (bicyclic) bond motifs is 1. The molecule has 0 aromatic heterocycles. The van der Waals surface area contributed by atoms with Crippen molar-refractivity contribution in [1.29, 1.82) is 0 Å². The molecule has 0 bridgehead atoms. The fraction of sp³-hybridized carbons (Fsp3) is 0.810. The van der Waals surface area contributed by atoms with Crippen molar-refractivity contribution in [3.05, 3.63) is 24.0 Å². The predicted molar refractivity (Wildman–Crippen MR) is 108 cm³/mol. The minimum atomic E-state index is -1.60. The number of aliphatic hydroxyl groups excluding tert-OH is 8. The summed E-state index contributed by atoms with van der Waals surface area (Å²) in [6.45, 7) is -1.23. The van der Waals surface area contributed by atoms with Gasteiger partial charge in [0.15, 0.2) is 12.6 Å². The topological polar surface area (TPSA) is 208 Å². The second kappa shape index (κ2) is 10.8. The molecular formula is C21H32O13. The molecule has 0 aromatic carbocycles. The first-order valence-corrected chi connectivity index (χ1v) is 11.2. The van der Waals surface area contributed by atoms with E-state index in [-0.39, 0.29) is 12.5 Å². The Bertz CT molecular complexity index is 742. The van der Waals surface area contributed by atoms with E-state index < -0.39 is 86.8 Å². The SMILES string of the molecule is OC[C@H]1O[C@@H](OCC2=CC[C@H]3C=CO[C@@H](O[C@@H]4O[C@H](CO)[C@@H](O)[C@H](O)[C@H]4O)[C@@H]23)[C@H](O)[C@@H](O)[C@@H]1O. The van der Waals surface area contributed by atoms with E-state index in [2.05, 4.69) is 0 Å². The third kappa shape index (κ3) is 4.89. The smallest absolute Gasteiger partial charge is 0.208 e. The Labute approximate surface area is 195 Å². The highest BCUT2D eigenvalue weighted by atomic mass is 16.8. The molecule has 4 rings (SSSR count). The highest BCUT2D eigenvalue weighted by molar-refractivity contribution is 5.22. The lowest BCUT2D eigenvalue weighted by Crippen LogP contribution is -2.60. The Hall–Kier alpha value is -1.20. The summed E-state index contributed by atoms with van der Waals surface area (Å²) in [6, 6.07) is 0. The van der Waals surface area contributed by atoms with Crippen molar-refractivity contribution in [3.8, 4) is 0 Å². The van der Waals surface area contributed by atoms with Gasteiger partial charge in [-0.1, -0.05) is 6.08 Å². The van der Waals surface area contributed by atoms with Crippen molar-refractivity contribution in [2.24, 2.45) is 11.8 Å². The van der Waals surface area contributed by atoms with Gasteiger partial charge in [-0.2, -0.15) is 0 Å². The standard InChI is InChI=1S/C21H32O13/c22-5-10-13(24)15(26)17(28)20(32-10)31-7-9-2-1-8-3-4-30-19(12(8)9)34-21-18(29)16(27)14(25)11(6-23)33-21/h2-4,8,10-29H,1,5-7H2/t8-,10+,11+,12+,13+,14+,15-,16-,17+,18+,19-,20+,21-/m0/s1. The number of hydrogen-bond donors (Lipinski definition) is 8. The third-order valence-corrected chi connectivity index (χ3v) is 6.75. The molecule has 4 aliphatic rings. The Balaban J connectivity index is 1.41. The molecule has 13 heteroatoms. The van der Waals surface area contributed by atoms with Crippen LogP contribution in [0.25, 0.3) is 0 Å². The van der Waals surface area contributed by atoms with E-state index in [9.17, 15) is 40.9 Å². The number of allylic oxidation sites excluding steroid dienone is 2. The van der Waals surface area contributed by atoms with Gasteiger partial charge < -0.3 is 64.5 Å². The molecule has 34 heavy (non-hydrogen) atoms. The van der Waals surface area contributed by atoms with Crippen LogP contribution < -0.4 is 0 Å². The second-order valence-corrected chi connectivity index (χ2v) is 8.88. The van der Waals surface area contributed by atoms with Gasteiger partial charge in [0.2, 0.25) is 6.29 Å². The molecule has 0 saturated carbocycles. The molecule has 0 aromatic rings. The van der Waals surface area contributed by atoms with E-state index in [4.69, 9.17) is 23.7 Å². The Kier molecular flexibility index (Phi) is 8.24. The maximum atomic E-state index is 10.3. The van der Waals surface area contributed by atoms with Crippen molar-refractivity contribution in [3.63, 3.8) is 0 Å². The van der Waals surface area contributed by atoms with Gasteiger partial charge in [0.1, 0.15) is 48.8 Å². The van der Waals surface area contributed by atoms with Crippen LogP contribution in [-0.2, 0) is 23.7 Å². The summed E-state index contributed by atoms with van der Waals surface area (Å²) >= 11 is 0. The fourth-order valence-corrected chi connectivity index (χ4v) is 4.70. The largest absolute Gasteiger partial charge is 0.472 e. The molecule has 3 heterocycles. The van der Waals surface area contributed by atoms with E-state index >= 15 is 0 Å². The third-order valence-electron chi connectivity index (χ3n) is 6.75. The predicted octanol–water partition coefficient (Wildman–Crippen LogP) is -3.95. The molecular weight excluding hydrogens is 460 g/mol. The summed E-state index contributed by atoms with van der Waals surface area (Å²) in [6.07, 6.45) is -9.42.